The normalized spacial score (nSPS) is 10.7. The van der Waals surface area contributed by atoms with E-state index in [9.17, 15) is 9.59 Å². The number of nitrogens with zero attached hydrogens (tertiary/aromatic N) is 3. The monoisotopic (exact) mass is 445 g/mol. The first-order valence-corrected chi connectivity index (χ1v) is 10.3. The van der Waals surface area contributed by atoms with Gasteiger partial charge in [0.05, 0.1) is 16.8 Å². The minimum absolute atomic E-state index is 0.231. The fraction of sp³-hybridized carbons (Fsp3) is 0.167. The van der Waals surface area contributed by atoms with E-state index in [-0.39, 0.29) is 18.7 Å². The van der Waals surface area contributed by atoms with E-state index in [1.165, 1.54) is 17.1 Å². The van der Waals surface area contributed by atoms with Crippen molar-refractivity contribution in [1.82, 2.24) is 20.0 Å². The molecular weight excluding hydrogens is 422 g/mol. The lowest BCUT2D eigenvalue weighted by atomic mass is 10.1. The molecule has 2 aromatic carbocycles. The second-order valence-electron chi connectivity index (χ2n) is 7.44. The molecule has 168 valence electrons. The highest BCUT2D eigenvalue weighted by molar-refractivity contribution is 5.90. The minimum atomic E-state index is -1.06. The Morgan fingerprint density at radius 3 is 2.39 bits per heavy atom. The zero-order valence-corrected chi connectivity index (χ0v) is 18.0. The molecule has 2 aromatic heterocycles. The van der Waals surface area contributed by atoms with Crippen LogP contribution in [0.3, 0.4) is 0 Å². The Morgan fingerprint density at radius 2 is 1.70 bits per heavy atom. The van der Waals surface area contributed by atoms with Crippen molar-refractivity contribution in [2.75, 3.05) is 5.32 Å². The maximum absolute atomic E-state index is 12.9. The second kappa shape index (κ2) is 9.82. The molecule has 3 N–H and O–H groups in total. The number of fused-ring (bicyclic) bond motifs is 1. The maximum atomic E-state index is 12.9. The van der Waals surface area contributed by atoms with Crippen LogP contribution in [0.2, 0.25) is 0 Å². The first-order valence-electron chi connectivity index (χ1n) is 10.3. The summed E-state index contributed by atoms with van der Waals surface area (Å²) in [5, 5.41) is 15.0. The first-order chi connectivity index (χ1) is 16.0. The number of aryl methyl sites for hydroxylation is 1. The number of hydrogen-bond acceptors (Lipinski definition) is 6. The SMILES string of the molecule is Cc1ncnc2c1c(NCc1ccc(CNC(=O)O)cc1)cc(=O)n2OCc1ccccc1. The summed E-state index contributed by atoms with van der Waals surface area (Å²) in [6.07, 6.45) is 0.348. The van der Waals surface area contributed by atoms with Crippen molar-refractivity contribution in [3.63, 3.8) is 0 Å². The van der Waals surface area contributed by atoms with Crippen LogP contribution < -0.4 is 21.0 Å². The van der Waals surface area contributed by atoms with Gasteiger partial charge in [0, 0.05) is 19.2 Å². The third-order valence-corrected chi connectivity index (χ3v) is 5.10. The molecule has 0 spiro atoms. The van der Waals surface area contributed by atoms with Gasteiger partial charge in [-0.25, -0.2) is 14.8 Å². The van der Waals surface area contributed by atoms with Crippen LogP contribution in [0.25, 0.3) is 11.0 Å². The fourth-order valence-electron chi connectivity index (χ4n) is 3.42. The Balaban J connectivity index is 1.56. The highest BCUT2D eigenvalue weighted by Gasteiger charge is 2.14. The number of aromatic nitrogens is 3. The van der Waals surface area contributed by atoms with Gasteiger partial charge in [0.15, 0.2) is 5.65 Å². The number of rotatable bonds is 8. The minimum Gasteiger partial charge on any atom is -0.465 e. The van der Waals surface area contributed by atoms with E-state index >= 15 is 0 Å². The molecule has 0 atom stereocenters. The van der Waals surface area contributed by atoms with Crippen molar-refractivity contribution in [3.8, 4) is 0 Å². The lowest BCUT2D eigenvalue weighted by molar-refractivity contribution is 0.0979. The van der Waals surface area contributed by atoms with Crippen LogP contribution in [0, 0.1) is 6.92 Å². The van der Waals surface area contributed by atoms with Crippen molar-refractivity contribution >= 4 is 22.8 Å². The average Bonchev–Trinajstić information content (AvgIpc) is 2.82. The lowest BCUT2D eigenvalue weighted by Gasteiger charge is -2.15. The highest BCUT2D eigenvalue weighted by atomic mass is 16.7. The van der Waals surface area contributed by atoms with Crippen LogP contribution in [0.1, 0.15) is 22.4 Å². The van der Waals surface area contributed by atoms with Gasteiger partial charge >= 0.3 is 6.09 Å². The van der Waals surface area contributed by atoms with Gasteiger partial charge in [0.2, 0.25) is 0 Å². The summed E-state index contributed by atoms with van der Waals surface area (Å²) < 4.78 is 1.20. The molecule has 0 bridgehead atoms. The van der Waals surface area contributed by atoms with Gasteiger partial charge in [0.1, 0.15) is 12.9 Å². The van der Waals surface area contributed by atoms with Crippen molar-refractivity contribution in [3.05, 3.63) is 99.7 Å². The number of anilines is 1. The van der Waals surface area contributed by atoms with Crippen LogP contribution in [0.4, 0.5) is 10.5 Å². The number of hydrogen-bond donors (Lipinski definition) is 3. The molecule has 2 heterocycles. The number of pyridine rings is 1. The quantitative estimate of drug-likeness (QED) is 0.381. The largest absolute Gasteiger partial charge is 0.465 e. The number of benzene rings is 2. The number of amides is 1. The maximum Gasteiger partial charge on any atom is 0.404 e. The second-order valence-corrected chi connectivity index (χ2v) is 7.44. The molecule has 0 unspecified atom stereocenters. The van der Waals surface area contributed by atoms with Gasteiger partial charge in [-0.2, -0.15) is 0 Å². The topological polar surface area (TPSA) is 118 Å². The van der Waals surface area contributed by atoms with E-state index in [1.54, 1.807) is 0 Å². The Labute approximate surface area is 189 Å². The molecule has 0 saturated carbocycles. The summed E-state index contributed by atoms with van der Waals surface area (Å²) in [6.45, 7) is 2.79. The fourth-order valence-corrected chi connectivity index (χ4v) is 3.42. The molecule has 0 radical (unpaired) electrons. The Morgan fingerprint density at radius 1 is 1.00 bits per heavy atom. The molecule has 1 amide bonds. The number of carbonyl (C=O) groups is 1. The zero-order chi connectivity index (χ0) is 23.2. The Kier molecular flexibility index (Phi) is 6.49. The summed E-state index contributed by atoms with van der Waals surface area (Å²) in [5.74, 6) is 0. The molecule has 0 aliphatic heterocycles. The van der Waals surface area contributed by atoms with Crippen molar-refractivity contribution in [2.24, 2.45) is 0 Å². The Bertz CT molecular complexity index is 1320. The van der Waals surface area contributed by atoms with Crippen molar-refractivity contribution in [2.45, 2.75) is 26.6 Å². The van der Waals surface area contributed by atoms with E-state index in [0.29, 0.717) is 23.3 Å². The molecule has 9 heteroatoms. The molecule has 33 heavy (non-hydrogen) atoms. The molecule has 0 aliphatic rings. The van der Waals surface area contributed by atoms with Crippen molar-refractivity contribution < 1.29 is 14.7 Å². The molecule has 4 rings (SSSR count). The predicted octanol–water partition coefficient (Wildman–Crippen LogP) is 3.11. The van der Waals surface area contributed by atoms with Crippen LogP contribution in [-0.2, 0) is 19.7 Å². The van der Waals surface area contributed by atoms with Crippen LogP contribution in [0.5, 0.6) is 0 Å². The average molecular weight is 445 g/mol. The van der Waals surface area contributed by atoms with Crippen LogP contribution in [-0.4, -0.2) is 25.9 Å². The standard InChI is InChI=1S/C24H23N5O4/c1-16-22-20(25-12-17-7-9-18(10-8-17)13-26-24(31)32)11-21(30)29(23(22)28-15-27-16)33-14-19-5-3-2-4-6-19/h2-11,15,25-26H,12-14H2,1H3,(H,31,32). The summed E-state index contributed by atoms with van der Waals surface area (Å²) in [4.78, 5) is 37.9. The highest BCUT2D eigenvalue weighted by Crippen LogP contribution is 2.23. The van der Waals surface area contributed by atoms with Gasteiger partial charge in [-0.15, -0.1) is 4.73 Å². The smallest absolute Gasteiger partial charge is 0.404 e. The van der Waals surface area contributed by atoms with Crippen LogP contribution in [0.15, 0.2) is 71.8 Å². The molecule has 9 nitrogen and oxygen atoms in total. The third-order valence-electron chi connectivity index (χ3n) is 5.10. The number of carboxylic acid groups (broad SMARTS) is 1. The van der Waals surface area contributed by atoms with Gasteiger partial charge in [0.25, 0.3) is 5.56 Å². The summed E-state index contributed by atoms with van der Waals surface area (Å²) in [5.41, 5.74) is 4.15. The summed E-state index contributed by atoms with van der Waals surface area (Å²) >= 11 is 0. The lowest BCUT2D eigenvalue weighted by Crippen LogP contribution is -2.28. The third kappa shape index (κ3) is 5.27. The van der Waals surface area contributed by atoms with Gasteiger partial charge in [-0.3, -0.25) is 4.79 Å². The first kappa shape index (κ1) is 21.8. The van der Waals surface area contributed by atoms with Gasteiger partial charge in [-0.1, -0.05) is 54.6 Å². The van der Waals surface area contributed by atoms with Gasteiger partial charge in [-0.05, 0) is 23.6 Å². The molecule has 0 aliphatic carbocycles. The van der Waals surface area contributed by atoms with E-state index in [1.807, 2.05) is 61.5 Å². The van der Waals surface area contributed by atoms with E-state index in [0.717, 1.165) is 22.4 Å². The number of nitrogens with one attached hydrogen (secondary N) is 2. The molecule has 4 aromatic rings. The van der Waals surface area contributed by atoms with E-state index in [4.69, 9.17) is 9.94 Å². The van der Waals surface area contributed by atoms with E-state index < -0.39 is 6.09 Å². The molecular formula is C24H23N5O4. The van der Waals surface area contributed by atoms with Crippen molar-refractivity contribution in [1.29, 1.82) is 0 Å². The van der Waals surface area contributed by atoms with Gasteiger partial charge < -0.3 is 20.6 Å². The Hall–Kier alpha value is -4.40. The summed E-state index contributed by atoms with van der Waals surface area (Å²) in [7, 11) is 0. The summed E-state index contributed by atoms with van der Waals surface area (Å²) in [6, 6.07) is 18.6. The zero-order valence-electron chi connectivity index (χ0n) is 18.0. The van der Waals surface area contributed by atoms with Crippen LogP contribution >= 0.6 is 0 Å². The molecule has 0 saturated heterocycles. The molecule has 0 fully saturated rings. The van der Waals surface area contributed by atoms with E-state index in [2.05, 4.69) is 20.6 Å². The predicted molar refractivity (Wildman–Crippen MR) is 124 cm³/mol.